The summed E-state index contributed by atoms with van der Waals surface area (Å²) in [5.41, 5.74) is 8.88. The summed E-state index contributed by atoms with van der Waals surface area (Å²) in [6.07, 6.45) is 0.960. The minimum atomic E-state index is -0.681. The number of ether oxygens (including phenoxy) is 2. The summed E-state index contributed by atoms with van der Waals surface area (Å²) in [6, 6.07) is 14.7. The molecule has 2 unspecified atom stereocenters. The Morgan fingerprint density at radius 1 is 1.32 bits per heavy atom. The van der Waals surface area contributed by atoms with Crippen molar-refractivity contribution in [1.29, 1.82) is 0 Å². The number of aryl methyl sites for hydroxylation is 1. The van der Waals surface area contributed by atoms with Gasteiger partial charge < -0.3 is 20.5 Å². The van der Waals surface area contributed by atoms with Crippen LogP contribution in [0.15, 0.2) is 48.5 Å². The van der Waals surface area contributed by atoms with E-state index in [1.807, 2.05) is 55.5 Å². The van der Waals surface area contributed by atoms with Gasteiger partial charge in [-0.15, -0.1) is 0 Å². The van der Waals surface area contributed by atoms with Gasteiger partial charge in [0.1, 0.15) is 17.9 Å². The standard InChI is InChI=1S/C20H24N2O3/c1-14-7-8-16(18(11-14)25-17-9-10-24-13-17)12-22-20(23)19(21)15-5-3-2-4-6-15/h2-8,11,17,19H,9-10,12-13,21H2,1H3,(H,22,23). The van der Waals surface area contributed by atoms with Gasteiger partial charge in [0.25, 0.3) is 0 Å². The van der Waals surface area contributed by atoms with Crippen LogP contribution in [0.4, 0.5) is 0 Å². The Morgan fingerprint density at radius 2 is 2.12 bits per heavy atom. The molecule has 1 amide bonds. The average molecular weight is 340 g/mol. The molecule has 132 valence electrons. The van der Waals surface area contributed by atoms with E-state index in [1.165, 1.54) is 0 Å². The fourth-order valence-corrected chi connectivity index (χ4v) is 2.81. The lowest BCUT2D eigenvalue weighted by Crippen LogP contribution is -2.33. The number of hydrogen-bond acceptors (Lipinski definition) is 4. The highest BCUT2D eigenvalue weighted by molar-refractivity contribution is 5.82. The van der Waals surface area contributed by atoms with Crippen molar-refractivity contribution in [2.24, 2.45) is 5.73 Å². The smallest absolute Gasteiger partial charge is 0.241 e. The zero-order chi connectivity index (χ0) is 17.6. The van der Waals surface area contributed by atoms with Crippen molar-refractivity contribution in [2.75, 3.05) is 13.2 Å². The molecular formula is C20H24N2O3. The van der Waals surface area contributed by atoms with Crippen molar-refractivity contribution < 1.29 is 14.3 Å². The fraction of sp³-hybridized carbons (Fsp3) is 0.350. The van der Waals surface area contributed by atoms with Gasteiger partial charge in [0.15, 0.2) is 0 Å². The minimum Gasteiger partial charge on any atom is -0.488 e. The second-order valence-electron chi connectivity index (χ2n) is 6.32. The molecule has 2 atom stereocenters. The van der Waals surface area contributed by atoms with Crippen LogP contribution in [-0.2, 0) is 16.1 Å². The van der Waals surface area contributed by atoms with Gasteiger partial charge in [-0.1, -0.05) is 42.5 Å². The molecule has 0 saturated carbocycles. The van der Waals surface area contributed by atoms with Crippen LogP contribution in [0.3, 0.4) is 0 Å². The van der Waals surface area contributed by atoms with Gasteiger partial charge in [0.2, 0.25) is 5.91 Å². The first kappa shape index (κ1) is 17.5. The molecule has 0 aliphatic carbocycles. The lowest BCUT2D eigenvalue weighted by Gasteiger charge is -2.18. The van der Waals surface area contributed by atoms with Crippen molar-refractivity contribution in [3.05, 3.63) is 65.2 Å². The molecule has 3 rings (SSSR count). The highest BCUT2D eigenvalue weighted by atomic mass is 16.5. The summed E-state index contributed by atoms with van der Waals surface area (Å²) in [5.74, 6) is 0.589. The summed E-state index contributed by atoms with van der Waals surface area (Å²) in [6.45, 7) is 3.74. The second-order valence-corrected chi connectivity index (χ2v) is 6.32. The molecule has 3 N–H and O–H groups in total. The van der Waals surface area contributed by atoms with Crippen molar-refractivity contribution in [3.63, 3.8) is 0 Å². The zero-order valence-electron chi connectivity index (χ0n) is 14.4. The van der Waals surface area contributed by atoms with Crippen LogP contribution in [0.2, 0.25) is 0 Å². The first-order chi connectivity index (χ1) is 12.1. The van der Waals surface area contributed by atoms with E-state index in [4.69, 9.17) is 15.2 Å². The van der Waals surface area contributed by atoms with Gasteiger partial charge >= 0.3 is 0 Å². The van der Waals surface area contributed by atoms with Gasteiger partial charge in [-0.3, -0.25) is 4.79 Å². The number of carbonyl (C=O) groups excluding carboxylic acids is 1. The maximum absolute atomic E-state index is 12.3. The van der Waals surface area contributed by atoms with E-state index in [0.717, 1.165) is 35.5 Å². The lowest BCUT2D eigenvalue weighted by atomic mass is 10.1. The summed E-state index contributed by atoms with van der Waals surface area (Å²) in [4.78, 5) is 12.3. The van der Waals surface area contributed by atoms with E-state index in [-0.39, 0.29) is 12.0 Å². The van der Waals surface area contributed by atoms with Gasteiger partial charge in [0, 0.05) is 18.5 Å². The van der Waals surface area contributed by atoms with Crippen molar-refractivity contribution in [3.8, 4) is 5.75 Å². The van der Waals surface area contributed by atoms with Crippen LogP contribution in [0.1, 0.15) is 29.2 Å². The van der Waals surface area contributed by atoms with E-state index in [9.17, 15) is 4.79 Å². The molecule has 1 aliphatic heterocycles. The molecule has 5 nitrogen and oxygen atoms in total. The topological polar surface area (TPSA) is 73.6 Å². The molecule has 0 spiro atoms. The highest BCUT2D eigenvalue weighted by Gasteiger charge is 2.20. The first-order valence-electron chi connectivity index (χ1n) is 8.55. The monoisotopic (exact) mass is 340 g/mol. The molecular weight excluding hydrogens is 316 g/mol. The van der Waals surface area contributed by atoms with E-state index in [2.05, 4.69) is 5.32 Å². The quantitative estimate of drug-likeness (QED) is 0.847. The van der Waals surface area contributed by atoms with Crippen LogP contribution < -0.4 is 15.8 Å². The summed E-state index contributed by atoms with van der Waals surface area (Å²) < 4.78 is 11.4. The Labute approximate surface area is 148 Å². The Morgan fingerprint density at radius 3 is 2.84 bits per heavy atom. The molecule has 1 heterocycles. The van der Waals surface area contributed by atoms with E-state index in [0.29, 0.717) is 13.2 Å². The van der Waals surface area contributed by atoms with Crippen molar-refractivity contribution >= 4 is 5.91 Å². The maximum Gasteiger partial charge on any atom is 0.241 e. The van der Waals surface area contributed by atoms with E-state index < -0.39 is 6.04 Å². The number of amides is 1. The molecule has 5 heteroatoms. The Balaban J connectivity index is 1.65. The predicted octanol–water partition coefficient (Wildman–Crippen LogP) is 2.48. The Kier molecular flexibility index (Phi) is 5.68. The molecule has 1 aliphatic rings. The van der Waals surface area contributed by atoms with Crippen molar-refractivity contribution in [1.82, 2.24) is 5.32 Å². The number of nitrogens with two attached hydrogens (primary N) is 1. The largest absolute Gasteiger partial charge is 0.488 e. The van der Waals surface area contributed by atoms with Crippen LogP contribution in [-0.4, -0.2) is 25.2 Å². The minimum absolute atomic E-state index is 0.0721. The van der Waals surface area contributed by atoms with Crippen molar-refractivity contribution in [2.45, 2.75) is 32.0 Å². The molecule has 0 aromatic heterocycles. The molecule has 0 radical (unpaired) electrons. The van der Waals surface area contributed by atoms with Crippen LogP contribution in [0.25, 0.3) is 0 Å². The third-order valence-electron chi connectivity index (χ3n) is 4.30. The molecule has 25 heavy (non-hydrogen) atoms. The average Bonchev–Trinajstić information content (AvgIpc) is 3.14. The molecule has 0 bridgehead atoms. The lowest BCUT2D eigenvalue weighted by molar-refractivity contribution is -0.122. The fourth-order valence-electron chi connectivity index (χ4n) is 2.81. The van der Waals surface area contributed by atoms with E-state index >= 15 is 0 Å². The van der Waals surface area contributed by atoms with E-state index in [1.54, 1.807) is 0 Å². The summed E-state index contributed by atoms with van der Waals surface area (Å²) >= 11 is 0. The predicted molar refractivity (Wildman–Crippen MR) is 96.2 cm³/mol. The number of benzene rings is 2. The first-order valence-corrected chi connectivity index (χ1v) is 8.55. The zero-order valence-corrected chi connectivity index (χ0v) is 14.4. The van der Waals surface area contributed by atoms with Crippen LogP contribution in [0, 0.1) is 6.92 Å². The van der Waals surface area contributed by atoms with Crippen LogP contribution >= 0.6 is 0 Å². The summed E-state index contributed by atoms with van der Waals surface area (Å²) in [7, 11) is 0. The van der Waals surface area contributed by atoms with Gasteiger partial charge in [-0.25, -0.2) is 0 Å². The maximum atomic E-state index is 12.3. The van der Waals surface area contributed by atoms with Crippen LogP contribution in [0.5, 0.6) is 5.75 Å². The molecule has 2 aromatic rings. The normalized spacial score (nSPS) is 17.9. The molecule has 2 aromatic carbocycles. The van der Waals surface area contributed by atoms with Gasteiger partial charge in [-0.05, 0) is 24.1 Å². The second kappa shape index (κ2) is 8.14. The number of rotatable bonds is 6. The van der Waals surface area contributed by atoms with Gasteiger partial charge in [0.05, 0.1) is 13.2 Å². The summed E-state index contributed by atoms with van der Waals surface area (Å²) in [5, 5.41) is 2.91. The number of carbonyl (C=O) groups is 1. The Bertz CT molecular complexity index is 712. The third kappa shape index (κ3) is 4.59. The van der Waals surface area contributed by atoms with Gasteiger partial charge in [-0.2, -0.15) is 0 Å². The number of hydrogen-bond donors (Lipinski definition) is 2. The Hall–Kier alpha value is -2.37. The highest BCUT2D eigenvalue weighted by Crippen LogP contribution is 2.24. The molecule has 1 fully saturated rings. The number of nitrogens with one attached hydrogen (secondary N) is 1. The third-order valence-corrected chi connectivity index (χ3v) is 4.30. The molecule has 1 saturated heterocycles. The SMILES string of the molecule is Cc1ccc(CNC(=O)C(N)c2ccccc2)c(OC2CCOC2)c1.